The molecule has 0 rings (SSSR count). The maximum Gasteiger partial charge on any atom is 0.155 e. The van der Waals surface area contributed by atoms with Crippen molar-refractivity contribution < 1.29 is 9.59 Å². The Balaban J connectivity index is 3.43. The van der Waals surface area contributed by atoms with E-state index in [4.69, 9.17) is 0 Å². The van der Waals surface area contributed by atoms with Gasteiger partial charge in [0.05, 0.1) is 0 Å². The SMILES string of the molecule is CCCCC(=O)/C=C\C=O. The van der Waals surface area contributed by atoms with Crippen molar-refractivity contribution >= 4 is 12.1 Å². The molecule has 0 fully saturated rings. The van der Waals surface area contributed by atoms with Gasteiger partial charge in [0.25, 0.3) is 0 Å². The lowest BCUT2D eigenvalue weighted by Gasteiger charge is -1.88. The largest absolute Gasteiger partial charge is 0.299 e. The van der Waals surface area contributed by atoms with Crippen molar-refractivity contribution in [3.8, 4) is 0 Å². The first-order valence-corrected chi connectivity index (χ1v) is 3.46. The Labute approximate surface area is 60.9 Å². The van der Waals surface area contributed by atoms with E-state index in [1.807, 2.05) is 6.92 Å². The number of hydrogen-bond acceptors (Lipinski definition) is 2. The van der Waals surface area contributed by atoms with E-state index in [1.54, 1.807) is 0 Å². The molecule has 0 unspecified atom stereocenters. The Hall–Kier alpha value is -0.920. The molecule has 0 bridgehead atoms. The van der Waals surface area contributed by atoms with Crippen LogP contribution >= 0.6 is 0 Å². The molecule has 0 aliphatic heterocycles. The minimum Gasteiger partial charge on any atom is -0.299 e. The Bertz CT molecular complexity index is 136. The first kappa shape index (κ1) is 9.08. The summed E-state index contributed by atoms with van der Waals surface area (Å²) in [6, 6.07) is 0. The summed E-state index contributed by atoms with van der Waals surface area (Å²) in [4.78, 5) is 20.5. The van der Waals surface area contributed by atoms with Crippen LogP contribution in [0, 0.1) is 0 Å². The summed E-state index contributed by atoms with van der Waals surface area (Å²) < 4.78 is 0. The van der Waals surface area contributed by atoms with Crippen LogP contribution in [-0.4, -0.2) is 12.1 Å². The fourth-order valence-electron chi connectivity index (χ4n) is 0.581. The van der Waals surface area contributed by atoms with Crippen molar-refractivity contribution in [3.63, 3.8) is 0 Å². The summed E-state index contributed by atoms with van der Waals surface area (Å²) in [5.41, 5.74) is 0. The van der Waals surface area contributed by atoms with Crippen LogP contribution in [0.4, 0.5) is 0 Å². The summed E-state index contributed by atoms with van der Waals surface area (Å²) in [7, 11) is 0. The molecule has 0 aliphatic rings. The summed E-state index contributed by atoms with van der Waals surface area (Å²) in [5.74, 6) is 0.0361. The predicted molar refractivity (Wildman–Crippen MR) is 39.7 cm³/mol. The Morgan fingerprint density at radius 1 is 1.50 bits per heavy atom. The van der Waals surface area contributed by atoms with Crippen LogP contribution in [0.1, 0.15) is 26.2 Å². The van der Waals surface area contributed by atoms with Gasteiger partial charge in [0.2, 0.25) is 0 Å². The molecular formula is C8H12O2. The third kappa shape index (κ3) is 5.22. The molecule has 0 spiro atoms. The van der Waals surface area contributed by atoms with E-state index in [1.165, 1.54) is 12.2 Å². The zero-order chi connectivity index (χ0) is 7.82. The molecule has 56 valence electrons. The van der Waals surface area contributed by atoms with Crippen molar-refractivity contribution in [1.29, 1.82) is 0 Å². The molecule has 0 N–H and O–H groups in total. The number of aldehydes is 1. The van der Waals surface area contributed by atoms with Crippen molar-refractivity contribution in [2.24, 2.45) is 0 Å². The topological polar surface area (TPSA) is 34.1 Å². The van der Waals surface area contributed by atoms with Crippen LogP contribution in [0.5, 0.6) is 0 Å². The Morgan fingerprint density at radius 2 is 2.20 bits per heavy atom. The van der Waals surface area contributed by atoms with E-state index >= 15 is 0 Å². The van der Waals surface area contributed by atoms with Gasteiger partial charge >= 0.3 is 0 Å². The second kappa shape index (κ2) is 6.20. The number of hydrogen-bond donors (Lipinski definition) is 0. The van der Waals surface area contributed by atoms with E-state index in [-0.39, 0.29) is 5.78 Å². The molecule has 0 aliphatic carbocycles. The van der Waals surface area contributed by atoms with Crippen LogP contribution < -0.4 is 0 Å². The van der Waals surface area contributed by atoms with Crippen LogP contribution in [0.3, 0.4) is 0 Å². The maximum absolute atomic E-state index is 10.7. The second-order valence-corrected chi connectivity index (χ2v) is 2.07. The number of carbonyl (C=O) groups excluding carboxylic acids is 2. The van der Waals surface area contributed by atoms with Gasteiger partial charge in [-0.1, -0.05) is 13.3 Å². The van der Waals surface area contributed by atoms with Crippen molar-refractivity contribution in [2.45, 2.75) is 26.2 Å². The van der Waals surface area contributed by atoms with Crippen LogP contribution in [-0.2, 0) is 9.59 Å². The van der Waals surface area contributed by atoms with Gasteiger partial charge in [-0.15, -0.1) is 0 Å². The molecule has 0 atom stereocenters. The highest BCUT2D eigenvalue weighted by Gasteiger charge is 1.92. The summed E-state index contributed by atoms with van der Waals surface area (Å²) >= 11 is 0. The molecule has 0 saturated carbocycles. The van der Waals surface area contributed by atoms with Crippen molar-refractivity contribution in [2.75, 3.05) is 0 Å². The van der Waals surface area contributed by atoms with Crippen LogP contribution in [0.25, 0.3) is 0 Å². The highest BCUT2D eigenvalue weighted by molar-refractivity contribution is 5.92. The van der Waals surface area contributed by atoms with Crippen molar-refractivity contribution in [3.05, 3.63) is 12.2 Å². The molecule has 2 heteroatoms. The molecule has 0 aromatic carbocycles. The summed E-state index contributed by atoms with van der Waals surface area (Å²) in [6.45, 7) is 2.02. The smallest absolute Gasteiger partial charge is 0.155 e. The third-order valence-electron chi connectivity index (χ3n) is 1.14. The van der Waals surface area contributed by atoms with Gasteiger partial charge in [0, 0.05) is 6.42 Å². The lowest BCUT2D eigenvalue weighted by Crippen LogP contribution is -1.90. The van der Waals surface area contributed by atoms with E-state index in [0.717, 1.165) is 12.8 Å². The molecule has 0 radical (unpaired) electrons. The fourth-order valence-corrected chi connectivity index (χ4v) is 0.581. The van der Waals surface area contributed by atoms with E-state index in [9.17, 15) is 9.59 Å². The minimum atomic E-state index is 0.0361. The Morgan fingerprint density at radius 3 is 2.70 bits per heavy atom. The highest BCUT2D eigenvalue weighted by atomic mass is 16.1. The van der Waals surface area contributed by atoms with Gasteiger partial charge in [-0.25, -0.2) is 0 Å². The molecule has 0 aromatic rings. The van der Waals surface area contributed by atoms with Gasteiger partial charge < -0.3 is 0 Å². The molecule has 10 heavy (non-hydrogen) atoms. The second-order valence-electron chi connectivity index (χ2n) is 2.07. The van der Waals surface area contributed by atoms with Crippen LogP contribution in [0.15, 0.2) is 12.2 Å². The third-order valence-corrected chi connectivity index (χ3v) is 1.14. The van der Waals surface area contributed by atoms with Gasteiger partial charge in [-0.3, -0.25) is 9.59 Å². The highest BCUT2D eigenvalue weighted by Crippen LogP contribution is 1.95. The van der Waals surface area contributed by atoms with Gasteiger partial charge in [-0.05, 0) is 18.6 Å². The number of rotatable bonds is 5. The van der Waals surface area contributed by atoms with E-state index in [0.29, 0.717) is 12.7 Å². The first-order chi connectivity index (χ1) is 4.81. The first-order valence-electron chi connectivity index (χ1n) is 3.46. The molecular weight excluding hydrogens is 128 g/mol. The zero-order valence-electron chi connectivity index (χ0n) is 6.17. The molecule has 0 amide bonds. The van der Waals surface area contributed by atoms with Gasteiger partial charge in [-0.2, -0.15) is 0 Å². The van der Waals surface area contributed by atoms with Gasteiger partial charge in [0.15, 0.2) is 5.78 Å². The Kier molecular flexibility index (Phi) is 5.63. The van der Waals surface area contributed by atoms with Crippen LogP contribution in [0.2, 0.25) is 0 Å². The molecule has 2 nitrogen and oxygen atoms in total. The summed E-state index contributed by atoms with van der Waals surface area (Å²) in [5, 5.41) is 0. The number of carbonyl (C=O) groups is 2. The minimum absolute atomic E-state index is 0.0361. The lowest BCUT2D eigenvalue weighted by atomic mass is 10.2. The maximum atomic E-state index is 10.7. The predicted octanol–water partition coefficient (Wildman–Crippen LogP) is 1.50. The standard InChI is InChI=1S/C8H12O2/c1-2-3-5-8(10)6-4-7-9/h4,6-7H,2-3,5H2,1H3/b6-4-. The number of unbranched alkanes of at least 4 members (excludes halogenated alkanes) is 1. The van der Waals surface area contributed by atoms with E-state index in [2.05, 4.69) is 0 Å². The lowest BCUT2D eigenvalue weighted by molar-refractivity contribution is -0.115. The average Bonchev–Trinajstić information content (AvgIpc) is 1.97. The van der Waals surface area contributed by atoms with E-state index < -0.39 is 0 Å². The normalized spacial score (nSPS) is 10.1. The van der Waals surface area contributed by atoms with Gasteiger partial charge in [0.1, 0.15) is 6.29 Å². The summed E-state index contributed by atoms with van der Waals surface area (Å²) in [6.07, 6.45) is 5.65. The number of allylic oxidation sites excluding steroid dienone is 2. The zero-order valence-corrected chi connectivity index (χ0v) is 6.17. The average molecular weight is 140 g/mol. The quantitative estimate of drug-likeness (QED) is 0.428. The molecule has 0 heterocycles. The fraction of sp³-hybridized carbons (Fsp3) is 0.500. The monoisotopic (exact) mass is 140 g/mol. The van der Waals surface area contributed by atoms with Crippen molar-refractivity contribution in [1.82, 2.24) is 0 Å². The molecule has 0 aromatic heterocycles. The molecule has 0 saturated heterocycles. The number of ketones is 1.